The molecule has 0 aliphatic heterocycles. The maximum atomic E-state index is 14.5. The maximum Gasteiger partial charge on any atom is 0.329 e. The summed E-state index contributed by atoms with van der Waals surface area (Å²) in [5.41, 5.74) is 3.52. The molecule has 2 aromatic carbocycles. The minimum atomic E-state index is -0.927. The van der Waals surface area contributed by atoms with Gasteiger partial charge in [0.05, 0.1) is 13.7 Å². The van der Waals surface area contributed by atoms with Gasteiger partial charge in [-0.3, -0.25) is 4.68 Å². The zero-order valence-electron chi connectivity index (χ0n) is 20.8. The third-order valence-electron chi connectivity index (χ3n) is 6.61. The molecule has 1 fully saturated rings. The minimum absolute atomic E-state index is 0.235. The van der Waals surface area contributed by atoms with Crippen LogP contribution in [0.5, 0.6) is 5.75 Å². The summed E-state index contributed by atoms with van der Waals surface area (Å²) in [6, 6.07) is 14.9. The summed E-state index contributed by atoms with van der Waals surface area (Å²) >= 11 is 1.72. The predicted molar refractivity (Wildman–Crippen MR) is 140 cm³/mol. The number of carbonyl (C=O) groups is 1. The average Bonchev–Trinajstić information content (AvgIpc) is 3.23. The fourth-order valence-corrected chi connectivity index (χ4v) is 5.77. The Morgan fingerprint density at radius 2 is 1.83 bits per heavy atom. The SMILES string of the molecule is CCSc1c(-c2cc(F)cc(OC)c2)c(-c2ccccc2)nn1C[C@H]1CC[C@H](COCC(=O)O)CC1. The summed E-state index contributed by atoms with van der Waals surface area (Å²) in [4.78, 5) is 10.7. The summed E-state index contributed by atoms with van der Waals surface area (Å²) < 4.78 is 27.3. The van der Waals surface area contributed by atoms with Crippen molar-refractivity contribution in [2.24, 2.45) is 11.8 Å². The molecule has 1 aromatic heterocycles. The molecule has 0 bridgehead atoms. The first-order valence-corrected chi connectivity index (χ1v) is 13.4. The van der Waals surface area contributed by atoms with Gasteiger partial charge in [0.2, 0.25) is 0 Å². The molecule has 0 saturated heterocycles. The van der Waals surface area contributed by atoms with Gasteiger partial charge in [-0.25, -0.2) is 9.18 Å². The van der Waals surface area contributed by atoms with Gasteiger partial charge in [-0.15, -0.1) is 11.8 Å². The highest BCUT2D eigenvalue weighted by molar-refractivity contribution is 7.99. The van der Waals surface area contributed by atoms with Crippen LogP contribution in [0.2, 0.25) is 0 Å². The van der Waals surface area contributed by atoms with Crippen molar-refractivity contribution in [3.8, 4) is 28.1 Å². The first-order chi connectivity index (χ1) is 17.5. The van der Waals surface area contributed by atoms with Crippen LogP contribution in [0.15, 0.2) is 53.6 Å². The number of benzene rings is 2. The van der Waals surface area contributed by atoms with E-state index in [4.69, 9.17) is 19.7 Å². The number of thioether (sulfide) groups is 1. The molecule has 1 aliphatic carbocycles. The molecular formula is C28H33FN2O4S. The Morgan fingerprint density at radius 1 is 1.11 bits per heavy atom. The number of nitrogens with zero attached hydrogens (tertiary/aromatic N) is 2. The highest BCUT2D eigenvalue weighted by Crippen LogP contribution is 2.42. The Bertz CT molecular complexity index is 1160. The number of ether oxygens (including phenoxy) is 2. The summed E-state index contributed by atoms with van der Waals surface area (Å²) in [5, 5.41) is 14.9. The number of hydrogen-bond donors (Lipinski definition) is 1. The molecule has 36 heavy (non-hydrogen) atoms. The van der Waals surface area contributed by atoms with E-state index in [-0.39, 0.29) is 12.4 Å². The fourth-order valence-electron chi connectivity index (χ4n) is 4.87. The van der Waals surface area contributed by atoms with Gasteiger partial charge in [-0.05, 0) is 61.0 Å². The number of rotatable bonds is 11. The maximum absolute atomic E-state index is 14.5. The van der Waals surface area contributed by atoms with Crippen LogP contribution in [0, 0.1) is 17.7 Å². The second-order valence-corrected chi connectivity index (χ2v) is 10.4. The van der Waals surface area contributed by atoms with Gasteiger partial charge in [0, 0.05) is 23.7 Å². The van der Waals surface area contributed by atoms with Crippen LogP contribution in [0.3, 0.4) is 0 Å². The van der Waals surface area contributed by atoms with Crippen molar-refractivity contribution in [1.29, 1.82) is 0 Å². The first kappa shape index (κ1) is 26.2. The summed E-state index contributed by atoms with van der Waals surface area (Å²) in [6.07, 6.45) is 4.12. The lowest BCUT2D eigenvalue weighted by atomic mass is 9.82. The van der Waals surface area contributed by atoms with Crippen LogP contribution in [0.4, 0.5) is 4.39 Å². The van der Waals surface area contributed by atoms with E-state index < -0.39 is 5.97 Å². The van der Waals surface area contributed by atoms with E-state index in [2.05, 4.69) is 11.6 Å². The fraction of sp³-hybridized carbons (Fsp3) is 0.429. The molecule has 0 spiro atoms. The van der Waals surface area contributed by atoms with E-state index in [0.717, 1.165) is 65.4 Å². The molecule has 3 aromatic rings. The Morgan fingerprint density at radius 3 is 2.50 bits per heavy atom. The monoisotopic (exact) mass is 512 g/mol. The number of aliphatic carboxylic acids is 1. The molecule has 1 N–H and O–H groups in total. The lowest BCUT2D eigenvalue weighted by molar-refractivity contribution is -0.142. The molecule has 1 aliphatic rings. The number of carboxylic acid groups (broad SMARTS) is 1. The normalized spacial score (nSPS) is 17.8. The van der Waals surface area contributed by atoms with Gasteiger partial charge < -0.3 is 14.6 Å². The van der Waals surface area contributed by atoms with Crippen molar-refractivity contribution in [3.05, 3.63) is 54.3 Å². The largest absolute Gasteiger partial charge is 0.497 e. The molecular weight excluding hydrogens is 479 g/mol. The van der Waals surface area contributed by atoms with Gasteiger partial charge in [0.25, 0.3) is 0 Å². The highest BCUT2D eigenvalue weighted by Gasteiger charge is 2.26. The van der Waals surface area contributed by atoms with E-state index in [0.29, 0.717) is 24.2 Å². The molecule has 0 atom stereocenters. The molecule has 1 heterocycles. The number of methoxy groups -OCH3 is 1. The van der Waals surface area contributed by atoms with E-state index in [9.17, 15) is 9.18 Å². The molecule has 8 heteroatoms. The summed E-state index contributed by atoms with van der Waals surface area (Å²) in [6.45, 7) is 3.17. The Kier molecular flexibility index (Phi) is 9.04. The third kappa shape index (κ3) is 6.48. The van der Waals surface area contributed by atoms with Gasteiger partial charge in [0.15, 0.2) is 0 Å². The minimum Gasteiger partial charge on any atom is -0.497 e. The quantitative estimate of drug-likeness (QED) is 0.300. The van der Waals surface area contributed by atoms with Crippen molar-refractivity contribution < 1.29 is 23.8 Å². The first-order valence-electron chi connectivity index (χ1n) is 12.4. The molecule has 4 rings (SSSR count). The smallest absolute Gasteiger partial charge is 0.329 e. The lowest BCUT2D eigenvalue weighted by Gasteiger charge is -2.28. The Labute approximate surface area is 215 Å². The topological polar surface area (TPSA) is 73.6 Å². The molecule has 192 valence electrons. The van der Waals surface area contributed by atoms with Crippen molar-refractivity contribution in [2.45, 2.75) is 44.2 Å². The molecule has 0 amide bonds. The van der Waals surface area contributed by atoms with E-state index in [1.54, 1.807) is 24.9 Å². The summed E-state index contributed by atoms with van der Waals surface area (Å²) in [7, 11) is 1.55. The molecule has 1 saturated carbocycles. The lowest BCUT2D eigenvalue weighted by Crippen LogP contribution is -2.23. The van der Waals surface area contributed by atoms with Crippen molar-refractivity contribution >= 4 is 17.7 Å². The number of halogens is 1. The number of aromatic nitrogens is 2. The predicted octanol–water partition coefficient (Wildman–Crippen LogP) is 6.38. The van der Waals surface area contributed by atoms with Gasteiger partial charge in [-0.2, -0.15) is 5.10 Å². The average molecular weight is 513 g/mol. The second kappa shape index (κ2) is 12.4. The van der Waals surface area contributed by atoms with Crippen LogP contribution >= 0.6 is 11.8 Å². The van der Waals surface area contributed by atoms with Crippen LogP contribution in [0.25, 0.3) is 22.4 Å². The van der Waals surface area contributed by atoms with Crippen LogP contribution in [0.1, 0.15) is 32.6 Å². The Balaban J connectivity index is 1.63. The zero-order chi connectivity index (χ0) is 25.5. The van der Waals surface area contributed by atoms with E-state index in [1.807, 2.05) is 36.4 Å². The van der Waals surface area contributed by atoms with Crippen molar-refractivity contribution in [1.82, 2.24) is 9.78 Å². The van der Waals surface area contributed by atoms with Crippen LogP contribution in [-0.4, -0.2) is 46.9 Å². The van der Waals surface area contributed by atoms with Crippen molar-refractivity contribution in [2.75, 3.05) is 26.1 Å². The molecule has 0 radical (unpaired) electrons. The van der Waals surface area contributed by atoms with Crippen LogP contribution in [-0.2, 0) is 16.1 Å². The van der Waals surface area contributed by atoms with Gasteiger partial charge in [-0.1, -0.05) is 37.3 Å². The number of hydrogen-bond acceptors (Lipinski definition) is 5. The number of carboxylic acids is 1. The highest BCUT2D eigenvalue weighted by atomic mass is 32.2. The van der Waals surface area contributed by atoms with Crippen molar-refractivity contribution in [3.63, 3.8) is 0 Å². The second-order valence-electron chi connectivity index (χ2n) is 9.19. The standard InChI is InChI=1S/C28H33FN2O4S/c1-3-36-28-26(22-13-23(29)15-24(14-22)34-2)27(21-7-5-4-6-8-21)30-31(28)16-19-9-11-20(12-10-19)17-35-18-25(32)33/h4-8,13-15,19-20H,3,9-12,16-18H2,1-2H3,(H,32,33)/t19-,20-. The summed E-state index contributed by atoms with van der Waals surface area (Å²) in [5.74, 6) is 0.949. The third-order valence-corrected chi connectivity index (χ3v) is 7.58. The Hall–Kier alpha value is -2.84. The van der Waals surface area contributed by atoms with E-state index >= 15 is 0 Å². The van der Waals surface area contributed by atoms with E-state index in [1.165, 1.54) is 6.07 Å². The van der Waals surface area contributed by atoms with Crippen LogP contribution < -0.4 is 4.74 Å². The van der Waals surface area contributed by atoms with Gasteiger partial charge >= 0.3 is 5.97 Å². The van der Waals surface area contributed by atoms with Gasteiger partial charge in [0.1, 0.15) is 28.9 Å². The zero-order valence-corrected chi connectivity index (χ0v) is 21.6. The molecule has 6 nitrogen and oxygen atoms in total. The molecule has 0 unspecified atom stereocenters.